The molecular formula is C60H34O2. The van der Waals surface area contributed by atoms with Gasteiger partial charge in [0.1, 0.15) is 23.0 Å². The van der Waals surface area contributed by atoms with Crippen LogP contribution in [-0.2, 0) is 0 Å². The molecule has 12 aromatic rings. The van der Waals surface area contributed by atoms with Gasteiger partial charge in [0.05, 0.1) is 0 Å². The fourth-order valence-electron chi connectivity index (χ4n) is 10.6. The van der Waals surface area contributed by atoms with Crippen molar-refractivity contribution in [2.75, 3.05) is 0 Å². The minimum absolute atomic E-state index is 0.878. The van der Waals surface area contributed by atoms with Gasteiger partial charge in [-0.25, -0.2) is 0 Å². The molecule has 0 saturated heterocycles. The third-order valence-corrected chi connectivity index (χ3v) is 13.4. The maximum atomic E-state index is 6.75. The first kappa shape index (κ1) is 33.6. The molecule has 0 atom stereocenters. The van der Waals surface area contributed by atoms with Crippen LogP contribution in [0.3, 0.4) is 0 Å². The average molecular weight is 787 g/mol. The summed E-state index contributed by atoms with van der Waals surface area (Å²) >= 11 is 0. The lowest BCUT2D eigenvalue weighted by Crippen LogP contribution is -1.98. The predicted octanol–water partition coefficient (Wildman–Crippen LogP) is 17.1. The Kier molecular flexibility index (Phi) is 6.86. The zero-order valence-electron chi connectivity index (χ0n) is 33.4. The average Bonchev–Trinajstić information content (AvgIpc) is 3.33. The summed E-state index contributed by atoms with van der Waals surface area (Å²) in [5.74, 6) is 3.56. The lowest BCUT2D eigenvalue weighted by atomic mass is 9.81. The number of fused-ring (bicyclic) bond motifs is 4. The van der Waals surface area contributed by atoms with Gasteiger partial charge in [0.15, 0.2) is 0 Å². The van der Waals surface area contributed by atoms with E-state index in [1.54, 1.807) is 0 Å². The Morgan fingerprint density at radius 1 is 0.210 bits per heavy atom. The Morgan fingerprint density at radius 3 is 1.02 bits per heavy atom. The van der Waals surface area contributed by atoms with Crippen molar-refractivity contribution < 1.29 is 9.47 Å². The third-order valence-electron chi connectivity index (χ3n) is 13.4. The second kappa shape index (κ2) is 12.7. The van der Waals surface area contributed by atoms with Crippen LogP contribution < -0.4 is 9.47 Å². The number of benzene rings is 12. The normalized spacial score (nSPS) is 12.5. The van der Waals surface area contributed by atoms with Gasteiger partial charge in [-0.2, -0.15) is 0 Å². The highest BCUT2D eigenvalue weighted by Crippen LogP contribution is 2.53. The first-order valence-corrected chi connectivity index (χ1v) is 21.3. The summed E-state index contributed by atoms with van der Waals surface area (Å²) in [6.45, 7) is 0. The van der Waals surface area contributed by atoms with Gasteiger partial charge < -0.3 is 9.47 Å². The molecule has 0 amide bonds. The van der Waals surface area contributed by atoms with E-state index in [4.69, 9.17) is 9.47 Å². The SMILES string of the molecule is c1ccc(-c2cc(-c3ccc4c(c3)Oc3cccc5cccc-4c35)c3ccc4c(-c5ccccc5)cc(-c5ccc6c(c5)Oc5cccc7cccc-6c57)c5ccc2c3c45)cc1. The van der Waals surface area contributed by atoms with E-state index in [1.807, 2.05) is 0 Å². The first-order chi connectivity index (χ1) is 30.7. The summed E-state index contributed by atoms with van der Waals surface area (Å²) in [7, 11) is 0. The van der Waals surface area contributed by atoms with Crippen LogP contribution in [0, 0.1) is 0 Å². The Bertz CT molecular complexity index is 3580. The summed E-state index contributed by atoms with van der Waals surface area (Å²) in [6.07, 6.45) is 0. The second-order valence-electron chi connectivity index (χ2n) is 16.7. The Balaban J connectivity index is 1.05. The zero-order valence-corrected chi connectivity index (χ0v) is 33.4. The van der Waals surface area contributed by atoms with E-state index in [0.29, 0.717) is 0 Å². The summed E-state index contributed by atoms with van der Waals surface area (Å²) < 4.78 is 13.5. The highest BCUT2D eigenvalue weighted by atomic mass is 16.5. The molecule has 2 nitrogen and oxygen atoms in total. The minimum Gasteiger partial charge on any atom is -0.456 e. The van der Waals surface area contributed by atoms with Gasteiger partial charge in [0.25, 0.3) is 0 Å². The molecule has 62 heavy (non-hydrogen) atoms. The molecule has 286 valence electrons. The van der Waals surface area contributed by atoms with Gasteiger partial charge in [-0.15, -0.1) is 0 Å². The molecule has 2 aliphatic rings. The van der Waals surface area contributed by atoms with Crippen molar-refractivity contribution in [1.29, 1.82) is 0 Å². The molecule has 0 unspecified atom stereocenters. The van der Waals surface area contributed by atoms with Gasteiger partial charge in [-0.3, -0.25) is 0 Å². The van der Waals surface area contributed by atoms with E-state index >= 15 is 0 Å². The molecule has 0 saturated carbocycles. The predicted molar refractivity (Wildman–Crippen MR) is 258 cm³/mol. The van der Waals surface area contributed by atoms with E-state index in [1.165, 1.54) is 98.4 Å². The molecule has 14 rings (SSSR count). The minimum atomic E-state index is 0.878. The molecule has 0 radical (unpaired) electrons. The Labute approximate surface area is 357 Å². The fourth-order valence-corrected chi connectivity index (χ4v) is 10.6. The number of hydrogen-bond donors (Lipinski definition) is 0. The van der Waals surface area contributed by atoms with Crippen LogP contribution >= 0.6 is 0 Å². The number of rotatable bonds is 4. The number of ether oxygens (including phenoxy) is 2. The maximum absolute atomic E-state index is 6.75. The van der Waals surface area contributed by atoms with Crippen LogP contribution in [0.15, 0.2) is 206 Å². The van der Waals surface area contributed by atoms with Crippen LogP contribution in [0.2, 0.25) is 0 Å². The summed E-state index contributed by atoms with van der Waals surface area (Å²) in [4.78, 5) is 0. The Hall–Kier alpha value is -8.20. The van der Waals surface area contributed by atoms with Crippen LogP contribution in [0.4, 0.5) is 0 Å². The monoisotopic (exact) mass is 786 g/mol. The van der Waals surface area contributed by atoms with Gasteiger partial charge in [0, 0.05) is 21.9 Å². The quantitative estimate of drug-likeness (QED) is 0.165. The van der Waals surface area contributed by atoms with E-state index in [9.17, 15) is 0 Å². The summed E-state index contributed by atoms with van der Waals surface area (Å²) in [5.41, 5.74) is 14.0. The lowest BCUT2D eigenvalue weighted by molar-refractivity contribution is 0.487. The molecule has 12 aromatic carbocycles. The molecule has 2 aliphatic heterocycles. The van der Waals surface area contributed by atoms with Crippen molar-refractivity contribution in [2.45, 2.75) is 0 Å². The van der Waals surface area contributed by atoms with Crippen molar-refractivity contribution in [3.8, 4) is 89.8 Å². The molecule has 0 aromatic heterocycles. The van der Waals surface area contributed by atoms with Crippen LogP contribution in [-0.4, -0.2) is 0 Å². The van der Waals surface area contributed by atoms with E-state index in [0.717, 1.165) is 45.3 Å². The van der Waals surface area contributed by atoms with E-state index in [2.05, 4.69) is 206 Å². The highest BCUT2D eigenvalue weighted by molar-refractivity contribution is 6.32. The second-order valence-corrected chi connectivity index (χ2v) is 16.7. The summed E-state index contributed by atoms with van der Waals surface area (Å²) in [5, 5.41) is 12.1. The van der Waals surface area contributed by atoms with Gasteiger partial charge in [-0.05, 0) is 147 Å². The molecule has 0 bridgehead atoms. The fraction of sp³-hybridized carbons (Fsp3) is 0. The zero-order chi connectivity index (χ0) is 40.5. The molecule has 0 aliphatic carbocycles. The van der Waals surface area contributed by atoms with E-state index in [-0.39, 0.29) is 0 Å². The molecule has 0 fully saturated rings. The van der Waals surface area contributed by atoms with Crippen molar-refractivity contribution in [2.24, 2.45) is 0 Å². The van der Waals surface area contributed by atoms with Gasteiger partial charge >= 0.3 is 0 Å². The van der Waals surface area contributed by atoms with Crippen molar-refractivity contribution in [3.05, 3.63) is 206 Å². The third kappa shape index (κ3) is 4.75. The van der Waals surface area contributed by atoms with Crippen LogP contribution in [0.1, 0.15) is 0 Å². The smallest absolute Gasteiger partial charge is 0.135 e. The van der Waals surface area contributed by atoms with Gasteiger partial charge in [0.2, 0.25) is 0 Å². The molecular weight excluding hydrogens is 753 g/mol. The lowest BCUT2D eigenvalue weighted by Gasteiger charge is -2.24. The van der Waals surface area contributed by atoms with Crippen LogP contribution in [0.5, 0.6) is 23.0 Å². The first-order valence-electron chi connectivity index (χ1n) is 21.3. The topological polar surface area (TPSA) is 18.5 Å². The van der Waals surface area contributed by atoms with Gasteiger partial charge in [-0.1, -0.05) is 158 Å². The standard InChI is InChI=1S/C60H34O2/c1-3-11-35(12-4-1)49-33-51(39-23-25-41-43-19-7-15-37-17-9-21-53(57(37)43)61-55(41)31-39)47-30-28-46-50(36-13-5-2-6-14-36)34-52(48-29-27-45(49)59(47)60(46)48)40-24-26-42-44-20-8-16-38-18-10-22-54(58(38)44)62-56(42)32-40/h1-34H. The highest BCUT2D eigenvalue weighted by Gasteiger charge is 2.25. The molecule has 2 heteroatoms. The number of hydrogen-bond acceptors (Lipinski definition) is 2. The molecule has 2 heterocycles. The largest absolute Gasteiger partial charge is 0.456 e. The van der Waals surface area contributed by atoms with Crippen molar-refractivity contribution >= 4 is 53.9 Å². The van der Waals surface area contributed by atoms with Crippen molar-refractivity contribution in [1.82, 2.24) is 0 Å². The summed E-state index contributed by atoms with van der Waals surface area (Å²) in [6, 6.07) is 75.1. The van der Waals surface area contributed by atoms with E-state index < -0.39 is 0 Å². The van der Waals surface area contributed by atoms with Crippen molar-refractivity contribution in [3.63, 3.8) is 0 Å². The molecule has 0 N–H and O–H groups in total. The Morgan fingerprint density at radius 2 is 0.597 bits per heavy atom. The van der Waals surface area contributed by atoms with Crippen LogP contribution in [0.25, 0.3) is 121 Å². The molecule has 0 spiro atoms. The maximum Gasteiger partial charge on any atom is 0.135 e.